The van der Waals surface area contributed by atoms with Gasteiger partial charge in [0.15, 0.2) is 11.5 Å². The number of benzene rings is 2. The highest BCUT2D eigenvalue weighted by molar-refractivity contribution is 6.04. The first-order valence-electron chi connectivity index (χ1n) is 10.9. The zero-order chi connectivity index (χ0) is 24.7. The standard InChI is InChI=1S/C24H22N4O7/c1-3-20(29)28-16(13-8-9-18-19(10-13)35-12-34-18)11-14(26-28)21-22(30)25-24(32)27(23(21)31)15-6-4-5-7-17(15)33-2/h4-10,16,31H,3,11-12H2,1-2H3,(H,25,30,32)/t16-/m0/s1. The summed E-state index contributed by atoms with van der Waals surface area (Å²) < 4.78 is 17.1. The minimum atomic E-state index is -0.840. The lowest BCUT2D eigenvalue weighted by atomic mass is 9.98. The number of hydrogen-bond donors (Lipinski definition) is 2. The normalized spacial score (nSPS) is 16.3. The summed E-state index contributed by atoms with van der Waals surface area (Å²) in [5.41, 5.74) is -0.725. The van der Waals surface area contributed by atoms with Crippen molar-refractivity contribution >= 4 is 11.6 Å². The molecule has 0 radical (unpaired) electrons. The van der Waals surface area contributed by atoms with Gasteiger partial charge in [0.1, 0.15) is 11.3 Å². The first kappa shape index (κ1) is 22.3. The van der Waals surface area contributed by atoms with E-state index in [-0.39, 0.29) is 42.5 Å². The number of H-pyrrole nitrogens is 1. The molecule has 180 valence electrons. The number of amides is 1. The molecule has 0 unspecified atom stereocenters. The van der Waals surface area contributed by atoms with Crippen molar-refractivity contribution in [1.29, 1.82) is 0 Å². The molecule has 1 atom stereocenters. The summed E-state index contributed by atoms with van der Waals surface area (Å²) in [5, 5.41) is 16.8. The van der Waals surface area contributed by atoms with Crippen molar-refractivity contribution in [2.45, 2.75) is 25.8 Å². The fraction of sp³-hybridized carbons (Fsp3) is 0.250. The lowest BCUT2D eigenvalue weighted by Crippen LogP contribution is -2.33. The van der Waals surface area contributed by atoms with E-state index in [9.17, 15) is 19.5 Å². The van der Waals surface area contributed by atoms with Crippen LogP contribution in [0.2, 0.25) is 0 Å². The molecule has 0 saturated heterocycles. The van der Waals surface area contributed by atoms with Gasteiger partial charge >= 0.3 is 5.69 Å². The van der Waals surface area contributed by atoms with E-state index < -0.39 is 23.2 Å². The van der Waals surface area contributed by atoms with Gasteiger partial charge in [-0.3, -0.25) is 14.6 Å². The number of nitrogens with zero attached hydrogens (tertiary/aromatic N) is 3. The minimum Gasteiger partial charge on any atom is -0.495 e. The number of fused-ring (bicyclic) bond motifs is 1. The van der Waals surface area contributed by atoms with Gasteiger partial charge in [-0.25, -0.2) is 14.4 Å². The summed E-state index contributed by atoms with van der Waals surface area (Å²) in [6, 6.07) is 11.3. The molecule has 0 aliphatic carbocycles. The summed E-state index contributed by atoms with van der Waals surface area (Å²) in [7, 11) is 1.43. The van der Waals surface area contributed by atoms with Gasteiger partial charge in [-0.1, -0.05) is 25.1 Å². The number of ether oxygens (including phenoxy) is 3. The monoisotopic (exact) mass is 478 g/mol. The van der Waals surface area contributed by atoms with Crippen molar-refractivity contribution in [1.82, 2.24) is 14.6 Å². The Morgan fingerprint density at radius 3 is 2.74 bits per heavy atom. The fourth-order valence-electron chi connectivity index (χ4n) is 4.26. The molecule has 35 heavy (non-hydrogen) atoms. The summed E-state index contributed by atoms with van der Waals surface area (Å²) in [6.07, 6.45) is 0.313. The van der Waals surface area contributed by atoms with Gasteiger partial charge in [0.05, 0.1) is 24.6 Å². The summed E-state index contributed by atoms with van der Waals surface area (Å²) in [5.74, 6) is 0.593. The number of nitrogens with one attached hydrogen (secondary N) is 1. The maximum Gasteiger partial charge on any atom is 0.335 e. The van der Waals surface area contributed by atoms with E-state index in [2.05, 4.69) is 10.1 Å². The number of methoxy groups -OCH3 is 1. The number of aromatic hydroxyl groups is 1. The molecule has 0 spiro atoms. The van der Waals surface area contributed by atoms with Crippen LogP contribution in [0.3, 0.4) is 0 Å². The number of carbonyl (C=O) groups excluding carboxylic acids is 1. The Hall–Kier alpha value is -4.54. The van der Waals surface area contributed by atoms with Gasteiger partial charge in [0.25, 0.3) is 5.56 Å². The summed E-state index contributed by atoms with van der Waals surface area (Å²) >= 11 is 0. The Bertz CT molecular complexity index is 1470. The lowest BCUT2D eigenvalue weighted by Gasteiger charge is -2.21. The molecule has 2 aliphatic rings. The Balaban J connectivity index is 1.62. The highest BCUT2D eigenvalue weighted by atomic mass is 16.7. The van der Waals surface area contributed by atoms with Crippen LogP contribution in [-0.2, 0) is 4.79 Å². The quantitative estimate of drug-likeness (QED) is 0.573. The molecule has 0 bridgehead atoms. The number of hydrogen-bond acceptors (Lipinski definition) is 8. The van der Waals surface area contributed by atoms with E-state index in [4.69, 9.17) is 14.2 Å². The highest BCUT2D eigenvalue weighted by Gasteiger charge is 2.36. The fourth-order valence-corrected chi connectivity index (χ4v) is 4.26. The second kappa shape index (κ2) is 8.67. The maximum atomic E-state index is 12.8. The number of para-hydroxylation sites is 2. The van der Waals surface area contributed by atoms with Crippen LogP contribution >= 0.6 is 0 Å². The molecule has 5 rings (SSSR count). The lowest BCUT2D eigenvalue weighted by molar-refractivity contribution is -0.132. The van der Waals surface area contributed by atoms with Crippen LogP contribution in [-0.4, -0.2) is 45.2 Å². The molecule has 2 aromatic carbocycles. The third kappa shape index (κ3) is 3.70. The molecule has 11 nitrogen and oxygen atoms in total. The Morgan fingerprint density at radius 1 is 1.20 bits per heavy atom. The molecule has 11 heteroatoms. The van der Waals surface area contributed by atoms with E-state index in [0.717, 1.165) is 10.1 Å². The molecular weight excluding hydrogens is 456 g/mol. The molecule has 2 aliphatic heterocycles. The predicted octanol–water partition coefficient (Wildman–Crippen LogP) is 2.06. The van der Waals surface area contributed by atoms with Crippen LogP contribution in [0.5, 0.6) is 23.1 Å². The van der Waals surface area contributed by atoms with Gasteiger partial charge in [-0.15, -0.1) is 0 Å². The third-order valence-electron chi connectivity index (χ3n) is 5.95. The number of carbonyl (C=O) groups is 1. The molecule has 3 aromatic rings. The molecule has 2 N–H and O–H groups in total. The van der Waals surface area contributed by atoms with Crippen LogP contribution in [0, 0.1) is 0 Å². The zero-order valence-electron chi connectivity index (χ0n) is 19.0. The molecule has 0 saturated carbocycles. The predicted molar refractivity (Wildman–Crippen MR) is 124 cm³/mol. The molecule has 3 heterocycles. The van der Waals surface area contributed by atoms with Crippen molar-refractivity contribution in [2.24, 2.45) is 5.10 Å². The third-order valence-corrected chi connectivity index (χ3v) is 5.95. The summed E-state index contributed by atoms with van der Waals surface area (Å²) in [4.78, 5) is 40.5. The van der Waals surface area contributed by atoms with E-state index in [1.807, 2.05) is 0 Å². The highest BCUT2D eigenvalue weighted by Crippen LogP contribution is 2.40. The van der Waals surface area contributed by atoms with Crippen molar-refractivity contribution in [3.63, 3.8) is 0 Å². The summed E-state index contributed by atoms with van der Waals surface area (Å²) in [6.45, 7) is 1.81. The second-order valence-corrected chi connectivity index (χ2v) is 7.94. The first-order chi connectivity index (χ1) is 16.9. The molecule has 1 amide bonds. The van der Waals surface area contributed by atoms with Crippen molar-refractivity contribution in [2.75, 3.05) is 13.9 Å². The van der Waals surface area contributed by atoms with Gasteiger partial charge in [0.2, 0.25) is 18.6 Å². The van der Waals surface area contributed by atoms with Crippen LogP contribution in [0.15, 0.2) is 57.2 Å². The Kier molecular flexibility index (Phi) is 5.51. The number of rotatable bonds is 5. The van der Waals surface area contributed by atoms with Crippen molar-refractivity contribution < 1.29 is 24.1 Å². The zero-order valence-corrected chi connectivity index (χ0v) is 19.0. The Labute approximate surface area is 198 Å². The molecule has 0 fully saturated rings. The number of aromatic amines is 1. The second-order valence-electron chi connectivity index (χ2n) is 7.94. The topological polar surface area (TPSA) is 135 Å². The largest absolute Gasteiger partial charge is 0.495 e. The maximum absolute atomic E-state index is 12.8. The average Bonchev–Trinajstić information content (AvgIpc) is 3.50. The van der Waals surface area contributed by atoms with Gasteiger partial charge in [0, 0.05) is 12.8 Å². The average molecular weight is 478 g/mol. The van der Waals surface area contributed by atoms with Crippen molar-refractivity contribution in [3.05, 3.63) is 74.4 Å². The molecule has 1 aromatic heterocycles. The van der Waals surface area contributed by atoms with E-state index in [1.54, 1.807) is 49.4 Å². The van der Waals surface area contributed by atoms with Crippen LogP contribution in [0.4, 0.5) is 0 Å². The van der Waals surface area contributed by atoms with Gasteiger partial charge < -0.3 is 19.3 Å². The van der Waals surface area contributed by atoms with E-state index in [0.29, 0.717) is 17.2 Å². The van der Waals surface area contributed by atoms with E-state index in [1.165, 1.54) is 12.1 Å². The van der Waals surface area contributed by atoms with Gasteiger partial charge in [-0.2, -0.15) is 5.10 Å². The van der Waals surface area contributed by atoms with Crippen molar-refractivity contribution in [3.8, 4) is 28.8 Å². The SMILES string of the molecule is CCC(=O)N1N=C(c2c(O)n(-c3ccccc3OC)c(=O)[nH]c2=O)C[C@H]1c1ccc2c(c1)OCO2. The minimum absolute atomic E-state index is 0.108. The number of aromatic nitrogens is 2. The first-order valence-corrected chi connectivity index (χ1v) is 10.9. The van der Waals surface area contributed by atoms with Crippen LogP contribution in [0.1, 0.15) is 36.9 Å². The van der Waals surface area contributed by atoms with E-state index >= 15 is 0 Å². The smallest absolute Gasteiger partial charge is 0.335 e. The molecular formula is C24H22N4O7. The Morgan fingerprint density at radius 2 is 1.97 bits per heavy atom. The van der Waals surface area contributed by atoms with Crippen LogP contribution < -0.4 is 25.5 Å². The number of hydrazone groups is 1. The van der Waals surface area contributed by atoms with Crippen LogP contribution in [0.25, 0.3) is 5.69 Å². The van der Waals surface area contributed by atoms with Gasteiger partial charge in [-0.05, 0) is 29.8 Å².